The Kier molecular flexibility index (Phi) is 4.29. The molecule has 0 radical (unpaired) electrons. The zero-order valence-corrected chi connectivity index (χ0v) is 13.0. The van der Waals surface area contributed by atoms with Crippen molar-refractivity contribution >= 4 is 11.7 Å². The number of benzene rings is 1. The lowest BCUT2D eigenvalue weighted by atomic mass is 10.1. The van der Waals surface area contributed by atoms with E-state index in [1.54, 1.807) is 17.8 Å². The first-order valence-electron chi connectivity index (χ1n) is 7.21. The van der Waals surface area contributed by atoms with E-state index in [1.165, 1.54) is 0 Å². The molecule has 0 aliphatic carbocycles. The first-order chi connectivity index (χ1) is 11.2. The Labute approximate surface area is 133 Å². The zero-order chi connectivity index (χ0) is 16.2. The minimum Gasteiger partial charge on any atom is -0.380 e. The van der Waals surface area contributed by atoms with Gasteiger partial charge in [0.2, 0.25) is 5.82 Å². The van der Waals surface area contributed by atoms with Crippen LogP contribution in [-0.2, 0) is 17.9 Å². The standard InChI is InChI=1S/C16H17N5O2/c1-11-7-8-17-16-19-14(20-21(11)16)15(22)18-9-12-5-3-4-6-13(12)10-23-2/h3-8H,9-10H2,1-2H3,(H,18,22). The summed E-state index contributed by atoms with van der Waals surface area (Å²) in [6.07, 6.45) is 1.64. The van der Waals surface area contributed by atoms with Crippen molar-refractivity contribution in [1.82, 2.24) is 24.9 Å². The molecule has 0 spiro atoms. The van der Waals surface area contributed by atoms with Gasteiger partial charge in [0, 0.05) is 25.5 Å². The predicted molar refractivity (Wildman–Crippen MR) is 83.8 cm³/mol. The Bertz CT molecular complexity index is 843. The Morgan fingerprint density at radius 1 is 1.26 bits per heavy atom. The lowest BCUT2D eigenvalue weighted by Gasteiger charge is -2.09. The van der Waals surface area contributed by atoms with Gasteiger partial charge in [-0.3, -0.25) is 4.79 Å². The van der Waals surface area contributed by atoms with E-state index in [0.717, 1.165) is 16.8 Å². The number of fused-ring (bicyclic) bond motifs is 1. The molecule has 0 saturated carbocycles. The number of nitrogens with one attached hydrogen (secondary N) is 1. The minimum absolute atomic E-state index is 0.107. The van der Waals surface area contributed by atoms with Crippen LogP contribution in [-0.4, -0.2) is 32.6 Å². The zero-order valence-electron chi connectivity index (χ0n) is 13.0. The highest BCUT2D eigenvalue weighted by atomic mass is 16.5. The molecule has 0 aliphatic rings. The molecule has 2 aromatic heterocycles. The molecule has 7 nitrogen and oxygen atoms in total. The number of carbonyl (C=O) groups is 1. The van der Waals surface area contributed by atoms with E-state index >= 15 is 0 Å². The van der Waals surface area contributed by atoms with Gasteiger partial charge < -0.3 is 10.1 Å². The summed E-state index contributed by atoms with van der Waals surface area (Å²) in [5, 5.41) is 7.02. The molecule has 0 bridgehead atoms. The molecule has 0 saturated heterocycles. The SMILES string of the molecule is COCc1ccccc1CNC(=O)c1nc2nccc(C)n2n1. The summed E-state index contributed by atoms with van der Waals surface area (Å²) in [6, 6.07) is 9.61. The largest absolute Gasteiger partial charge is 0.380 e. The highest BCUT2D eigenvalue weighted by molar-refractivity contribution is 5.90. The van der Waals surface area contributed by atoms with E-state index in [-0.39, 0.29) is 11.7 Å². The highest BCUT2D eigenvalue weighted by Gasteiger charge is 2.14. The Balaban J connectivity index is 1.75. The maximum atomic E-state index is 12.3. The molecule has 3 rings (SSSR count). The van der Waals surface area contributed by atoms with E-state index in [4.69, 9.17) is 4.74 Å². The lowest BCUT2D eigenvalue weighted by molar-refractivity contribution is 0.0940. The summed E-state index contributed by atoms with van der Waals surface area (Å²) in [7, 11) is 1.64. The number of carbonyl (C=O) groups excluding carboxylic acids is 1. The minimum atomic E-state index is -0.331. The van der Waals surface area contributed by atoms with Crippen molar-refractivity contribution in [3.8, 4) is 0 Å². The first kappa shape index (κ1) is 15.1. The average molecular weight is 311 g/mol. The van der Waals surface area contributed by atoms with Crippen molar-refractivity contribution in [1.29, 1.82) is 0 Å². The molecule has 1 aromatic carbocycles. The highest BCUT2D eigenvalue weighted by Crippen LogP contribution is 2.10. The first-order valence-corrected chi connectivity index (χ1v) is 7.21. The molecular weight excluding hydrogens is 294 g/mol. The molecular formula is C16H17N5O2. The molecule has 23 heavy (non-hydrogen) atoms. The Morgan fingerprint density at radius 3 is 2.78 bits per heavy atom. The number of methoxy groups -OCH3 is 1. The van der Waals surface area contributed by atoms with Gasteiger partial charge >= 0.3 is 0 Å². The molecule has 0 unspecified atom stereocenters. The number of aryl methyl sites for hydroxylation is 1. The number of rotatable bonds is 5. The van der Waals surface area contributed by atoms with Crippen molar-refractivity contribution in [2.24, 2.45) is 0 Å². The van der Waals surface area contributed by atoms with E-state index in [1.807, 2.05) is 37.3 Å². The maximum absolute atomic E-state index is 12.3. The van der Waals surface area contributed by atoms with Crippen LogP contribution in [0.25, 0.3) is 5.78 Å². The van der Waals surface area contributed by atoms with Crippen LogP contribution in [0.1, 0.15) is 27.4 Å². The Hall–Kier alpha value is -2.80. The van der Waals surface area contributed by atoms with Gasteiger partial charge in [0.05, 0.1) is 6.61 Å². The van der Waals surface area contributed by atoms with Crippen LogP contribution < -0.4 is 5.32 Å². The second-order valence-corrected chi connectivity index (χ2v) is 5.12. The van der Waals surface area contributed by atoms with Crippen LogP contribution in [0.3, 0.4) is 0 Å². The van der Waals surface area contributed by atoms with E-state index in [0.29, 0.717) is 18.9 Å². The van der Waals surface area contributed by atoms with Crippen molar-refractivity contribution in [3.05, 3.63) is 59.2 Å². The van der Waals surface area contributed by atoms with E-state index in [9.17, 15) is 4.79 Å². The second-order valence-electron chi connectivity index (χ2n) is 5.12. The summed E-state index contributed by atoms with van der Waals surface area (Å²) in [4.78, 5) is 20.5. The lowest BCUT2D eigenvalue weighted by Crippen LogP contribution is -2.24. The quantitative estimate of drug-likeness (QED) is 0.772. The predicted octanol–water partition coefficient (Wildman–Crippen LogP) is 1.51. The van der Waals surface area contributed by atoms with Crippen molar-refractivity contribution < 1.29 is 9.53 Å². The number of aromatic nitrogens is 4. The monoisotopic (exact) mass is 311 g/mol. The smallest absolute Gasteiger partial charge is 0.291 e. The molecule has 3 aromatic rings. The molecule has 0 atom stereocenters. The number of hydrogen-bond donors (Lipinski definition) is 1. The van der Waals surface area contributed by atoms with Gasteiger partial charge in [-0.15, -0.1) is 5.10 Å². The van der Waals surface area contributed by atoms with Crippen LogP contribution in [0.15, 0.2) is 36.5 Å². The van der Waals surface area contributed by atoms with Gasteiger partial charge in [0.1, 0.15) is 0 Å². The normalized spacial score (nSPS) is 10.9. The van der Waals surface area contributed by atoms with Crippen molar-refractivity contribution in [3.63, 3.8) is 0 Å². The summed E-state index contributed by atoms with van der Waals surface area (Å²) in [5.74, 6) is 0.188. The fraction of sp³-hybridized carbons (Fsp3) is 0.250. The molecule has 1 amide bonds. The number of nitrogens with zero attached hydrogens (tertiary/aromatic N) is 4. The number of amides is 1. The molecule has 0 fully saturated rings. The van der Waals surface area contributed by atoms with E-state index < -0.39 is 0 Å². The third-order valence-electron chi connectivity index (χ3n) is 3.49. The average Bonchev–Trinajstić information content (AvgIpc) is 3.00. The van der Waals surface area contributed by atoms with Crippen molar-refractivity contribution in [2.75, 3.05) is 7.11 Å². The van der Waals surface area contributed by atoms with Gasteiger partial charge in [-0.25, -0.2) is 9.50 Å². The third-order valence-corrected chi connectivity index (χ3v) is 3.49. The van der Waals surface area contributed by atoms with Gasteiger partial charge in [-0.05, 0) is 24.1 Å². The summed E-state index contributed by atoms with van der Waals surface area (Å²) < 4.78 is 6.71. The van der Waals surface area contributed by atoms with Crippen LogP contribution in [0.5, 0.6) is 0 Å². The summed E-state index contributed by atoms with van der Waals surface area (Å²) >= 11 is 0. The van der Waals surface area contributed by atoms with Crippen LogP contribution >= 0.6 is 0 Å². The topological polar surface area (TPSA) is 81.4 Å². The summed E-state index contributed by atoms with van der Waals surface area (Å²) in [6.45, 7) is 2.77. The molecule has 118 valence electrons. The molecule has 0 aliphatic heterocycles. The van der Waals surface area contributed by atoms with Crippen LogP contribution in [0.2, 0.25) is 0 Å². The van der Waals surface area contributed by atoms with Gasteiger partial charge in [0.25, 0.3) is 11.7 Å². The van der Waals surface area contributed by atoms with Gasteiger partial charge in [-0.1, -0.05) is 24.3 Å². The van der Waals surface area contributed by atoms with Gasteiger partial charge in [0.15, 0.2) is 0 Å². The van der Waals surface area contributed by atoms with Crippen LogP contribution in [0, 0.1) is 6.92 Å². The van der Waals surface area contributed by atoms with Crippen LogP contribution in [0.4, 0.5) is 0 Å². The summed E-state index contributed by atoms with van der Waals surface area (Å²) in [5.41, 5.74) is 2.91. The number of ether oxygens (including phenoxy) is 1. The molecule has 1 N–H and O–H groups in total. The second kappa shape index (κ2) is 6.53. The van der Waals surface area contributed by atoms with Crippen molar-refractivity contribution in [2.45, 2.75) is 20.1 Å². The third kappa shape index (κ3) is 3.19. The molecule has 7 heteroatoms. The van der Waals surface area contributed by atoms with E-state index in [2.05, 4.69) is 20.4 Å². The fourth-order valence-corrected chi connectivity index (χ4v) is 2.28. The maximum Gasteiger partial charge on any atom is 0.291 e. The van der Waals surface area contributed by atoms with Gasteiger partial charge in [-0.2, -0.15) is 4.98 Å². The Morgan fingerprint density at radius 2 is 2.04 bits per heavy atom. The number of hydrogen-bond acceptors (Lipinski definition) is 5. The fourth-order valence-electron chi connectivity index (χ4n) is 2.28. The molecule has 2 heterocycles.